The van der Waals surface area contributed by atoms with E-state index < -0.39 is 0 Å². The van der Waals surface area contributed by atoms with Crippen LogP contribution >= 0.6 is 0 Å². The summed E-state index contributed by atoms with van der Waals surface area (Å²) in [5.74, 6) is -0.143. The monoisotopic (exact) mass is 178 g/mol. The first-order valence-corrected chi connectivity index (χ1v) is 3.80. The number of rotatable bonds is 1. The number of benzene rings is 1. The molecule has 0 fully saturated rings. The maximum atomic E-state index is 13.2. The summed E-state index contributed by atoms with van der Waals surface area (Å²) in [6.07, 6.45) is 1.18. The van der Waals surface area contributed by atoms with Crippen LogP contribution in [0.1, 0.15) is 5.56 Å². The van der Waals surface area contributed by atoms with Crippen molar-refractivity contribution in [2.24, 2.45) is 0 Å². The predicted octanol–water partition coefficient (Wildman–Crippen LogP) is 2.18. The van der Waals surface area contributed by atoms with E-state index >= 15 is 0 Å². The summed E-state index contributed by atoms with van der Waals surface area (Å²) in [6.45, 7) is 1.87. The summed E-state index contributed by atoms with van der Waals surface area (Å²) < 4.78 is 18.1. The lowest BCUT2D eigenvalue weighted by molar-refractivity contribution is 0.557. The molecule has 1 aromatic heterocycles. The highest BCUT2D eigenvalue weighted by molar-refractivity contribution is 5.54. The molecule has 1 aromatic carbocycles. The molecule has 0 aliphatic rings. The first-order chi connectivity index (χ1) is 6.27. The van der Waals surface area contributed by atoms with Gasteiger partial charge in [0, 0.05) is 0 Å². The quantitative estimate of drug-likeness (QED) is 0.671. The smallest absolute Gasteiger partial charge is 0.250 e. The Morgan fingerprint density at radius 1 is 1.38 bits per heavy atom. The minimum Gasteiger partial charge on any atom is -0.423 e. The fourth-order valence-corrected chi connectivity index (χ4v) is 1.09. The Morgan fingerprint density at radius 2 is 2.23 bits per heavy atom. The van der Waals surface area contributed by atoms with E-state index in [1.165, 1.54) is 12.5 Å². The Kier molecular flexibility index (Phi) is 1.81. The molecule has 0 aliphatic carbocycles. The van der Waals surface area contributed by atoms with E-state index in [2.05, 4.69) is 10.2 Å². The SMILES string of the molecule is Cc1ccc(F)c(-c2nnco2)c1. The highest BCUT2D eigenvalue weighted by Gasteiger charge is 2.09. The first kappa shape index (κ1) is 7.91. The highest BCUT2D eigenvalue weighted by atomic mass is 19.1. The summed E-state index contributed by atoms with van der Waals surface area (Å²) in [5.41, 5.74) is 1.30. The molecule has 0 aliphatic heterocycles. The highest BCUT2D eigenvalue weighted by Crippen LogP contribution is 2.20. The molecule has 0 amide bonds. The summed E-state index contributed by atoms with van der Waals surface area (Å²) >= 11 is 0. The second kappa shape index (κ2) is 2.97. The third kappa shape index (κ3) is 1.42. The predicted molar refractivity (Wildman–Crippen MR) is 44.4 cm³/mol. The van der Waals surface area contributed by atoms with Crippen molar-refractivity contribution in [2.75, 3.05) is 0 Å². The molecule has 0 saturated carbocycles. The zero-order valence-electron chi connectivity index (χ0n) is 6.99. The van der Waals surface area contributed by atoms with Crippen LogP contribution in [0.4, 0.5) is 4.39 Å². The van der Waals surface area contributed by atoms with Gasteiger partial charge in [0.25, 0.3) is 0 Å². The van der Waals surface area contributed by atoms with E-state index in [1.54, 1.807) is 12.1 Å². The number of aromatic nitrogens is 2. The second-order valence-corrected chi connectivity index (χ2v) is 2.73. The van der Waals surface area contributed by atoms with Gasteiger partial charge in [-0.2, -0.15) is 0 Å². The van der Waals surface area contributed by atoms with E-state index in [9.17, 15) is 4.39 Å². The van der Waals surface area contributed by atoms with Crippen molar-refractivity contribution in [3.8, 4) is 11.5 Å². The van der Waals surface area contributed by atoms with Gasteiger partial charge in [-0.3, -0.25) is 0 Å². The molecule has 13 heavy (non-hydrogen) atoms. The van der Waals surface area contributed by atoms with Gasteiger partial charge in [0.05, 0.1) is 5.56 Å². The van der Waals surface area contributed by atoms with Gasteiger partial charge in [-0.1, -0.05) is 11.6 Å². The Bertz CT molecular complexity index is 412. The standard InChI is InChI=1S/C9H7FN2O/c1-6-2-3-8(10)7(4-6)9-12-11-5-13-9/h2-5H,1H3. The van der Waals surface area contributed by atoms with Crippen molar-refractivity contribution in [1.29, 1.82) is 0 Å². The van der Waals surface area contributed by atoms with E-state index in [0.29, 0.717) is 5.56 Å². The van der Waals surface area contributed by atoms with Crippen LogP contribution in [0.3, 0.4) is 0 Å². The largest absolute Gasteiger partial charge is 0.423 e. The lowest BCUT2D eigenvalue weighted by Crippen LogP contribution is -1.85. The van der Waals surface area contributed by atoms with Crippen molar-refractivity contribution >= 4 is 0 Å². The van der Waals surface area contributed by atoms with Crippen LogP contribution in [0.2, 0.25) is 0 Å². The molecule has 2 aromatic rings. The van der Waals surface area contributed by atoms with Gasteiger partial charge in [-0.15, -0.1) is 10.2 Å². The van der Waals surface area contributed by atoms with Crippen LogP contribution in [0.5, 0.6) is 0 Å². The Hall–Kier alpha value is -1.71. The average molecular weight is 178 g/mol. The topological polar surface area (TPSA) is 38.9 Å². The van der Waals surface area contributed by atoms with Gasteiger partial charge < -0.3 is 4.42 Å². The molecule has 66 valence electrons. The van der Waals surface area contributed by atoms with Gasteiger partial charge in [0.15, 0.2) is 0 Å². The van der Waals surface area contributed by atoms with Crippen molar-refractivity contribution < 1.29 is 8.81 Å². The number of nitrogens with zero attached hydrogens (tertiary/aromatic N) is 2. The van der Waals surface area contributed by atoms with Crippen molar-refractivity contribution in [1.82, 2.24) is 10.2 Å². The molecule has 0 radical (unpaired) electrons. The van der Waals surface area contributed by atoms with Crippen molar-refractivity contribution in [3.63, 3.8) is 0 Å². The number of halogens is 1. The Labute approximate surface area is 74.2 Å². The Morgan fingerprint density at radius 3 is 2.92 bits per heavy atom. The molecule has 0 saturated heterocycles. The maximum absolute atomic E-state index is 13.2. The molecule has 0 bridgehead atoms. The molecule has 0 unspecified atom stereocenters. The fraction of sp³-hybridized carbons (Fsp3) is 0.111. The molecule has 0 N–H and O–H groups in total. The normalized spacial score (nSPS) is 10.3. The summed E-state index contributed by atoms with van der Waals surface area (Å²) in [7, 11) is 0. The van der Waals surface area contributed by atoms with Crippen LogP contribution < -0.4 is 0 Å². The van der Waals surface area contributed by atoms with Crippen molar-refractivity contribution in [3.05, 3.63) is 36.0 Å². The minimum absolute atomic E-state index is 0.209. The van der Waals surface area contributed by atoms with Crippen LogP contribution in [-0.2, 0) is 0 Å². The van der Waals surface area contributed by atoms with E-state index in [-0.39, 0.29) is 11.7 Å². The zero-order valence-corrected chi connectivity index (χ0v) is 6.99. The molecule has 3 nitrogen and oxygen atoms in total. The first-order valence-electron chi connectivity index (χ1n) is 3.80. The third-order valence-electron chi connectivity index (χ3n) is 1.71. The molecular weight excluding hydrogens is 171 g/mol. The molecule has 1 heterocycles. The van der Waals surface area contributed by atoms with E-state index in [1.807, 2.05) is 6.92 Å². The molecule has 2 rings (SSSR count). The van der Waals surface area contributed by atoms with Crippen LogP contribution in [0, 0.1) is 12.7 Å². The van der Waals surface area contributed by atoms with Gasteiger partial charge in [-0.05, 0) is 19.1 Å². The Balaban J connectivity index is 2.57. The average Bonchev–Trinajstić information content (AvgIpc) is 2.61. The van der Waals surface area contributed by atoms with Crippen LogP contribution in [0.15, 0.2) is 29.0 Å². The van der Waals surface area contributed by atoms with Crippen molar-refractivity contribution in [2.45, 2.75) is 6.92 Å². The lowest BCUT2D eigenvalue weighted by Gasteiger charge is -1.98. The van der Waals surface area contributed by atoms with Gasteiger partial charge >= 0.3 is 0 Å². The molecule has 0 atom stereocenters. The second-order valence-electron chi connectivity index (χ2n) is 2.73. The number of hydrogen-bond donors (Lipinski definition) is 0. The minimum atomic E-state index is -0.352. The van der Waals surface area contributed by atoms with Gasteiger partial charge in [0.2, 0.25) is 12.3 Å². The molecule has 4 heteroatoms. The zero-order chi connectivity index (χ0) is 9.26. The molecular formula is C9H7FN2O. The van der Waals surface area contributed by atoms with Crippen LogP contribution in [0.25, 0.3) is 11.5 Å². The number of hydrogen-bond acceptors (Lipinski definition) is 3. The summed E-state index contributed by atoms with van der Waals surface area (Å²) in [5, 5.41) is 7.12. The third-order valence-corrected chi connectivity index (χ3v) is 1.71. The maximum Gasteiger partial charge on any atom is 0.250 e. The van der Waals surface area contributed by atoms with Gasteiger partial charge in [-0.25, -0.2) is 4.39 Å². The molecule has 0 spiro atoms. The summed E-state index contributed by atoms with van der Waals surface area (Å²) in [6, 6.07) is 4.74. The van der Waals surface area contributed by atoms with E-state index in [0.717, 1.165) is 5.56 Å². The lowest BCUT2D eigenvalue weighted by atomic mass is 10.1. The van der Waals surface area contributed by atoms with E-state index in [4.69, 9.17) is 4.42 Å². The fourth-order valence-electron chi connectivity index (χ4n) is 1.09. The van der Waals surface area contributed by atoms with Crippen LogP contribution in [-0.4, -0.2) is 10.2 Å². The van der Waals surface area contributed by atoms with Gasteiger partial charge in [0.1, 0.15) is 5.82 Å². The summed E-state index contributed by atoms with van der Waals surface area (Å²) in [4.78, 5) is 0. The number of aryl methyl sites for hydroxylation is 1.